The Bertz CT molecular complexity index is 566. The van der Waals surface area contributed by atoms with Crippen LogP contribution in [0.4, 0.5) is 0 Å². The summed E-state index contributed by atoms with van der Waals surface area (Å²) in [6.07, 6.45) is 10.2. The van der Waals surface area contributed by atoms with E-state index >= 15 is 0 Å². The van der Waals surface area contributed by atoms with Crippen molar-refractivity contribution in [1.82, 2.24) is 25.7 Å². The van der Waals surface area contributed by atoms with Crippen LogP contribution in [0.1, 0.15) is 60.2 Å². The summed E-state index contributed by atoms with van der Waals surface area (Å²) in [5, 5.41) is 18.3. The van der Waals surface area contributed by atoms with E-state index in [1.165, 1.54) is 48.2 Å². The van der Waals surface area contributed by atoms with Crippen LogP contribution in [-0.4, -0.2) is 20.4 Å². The van der Waals surface area contributed by atoms with Crippen molar-refractivity contribution in [3.8, 4) is 0 Å². The molecule has 1 atom stereocenters. The van der Waals surface area contributed by atoms with Gasteiger partial charge in [-0.05, 0) is 49.1 Å². The fourth-order valence-electron chi connectivity index (χ4n) is 3.10. The zero-order valence-electron chi connectivity index (χ0n) is 10.9. The van der Waals surface area contributed by atoms with Crippen molar-refractivity contribution in [2.75, 3.05) is 0 Å². The third-order valence-electron chi connectivity index (χ3n) is 4.33. The number of rotatable bonds is 4. The molecule has 2 aliphatic carbocycles. The highest BCUT2D eigenvalue weighted by atomic mass is 15.1. The number of aromatic nitrogens is 4. The van der Waals surface area contributed by atoms with Gasteiger partial charge in [-0.3, -0.25) is 10.2 Å². The van der Waals surface area contributed by atoms with Crippen LogP contribution >= 0.6 is 0 Å². The smallest absolute Gasteiger partial charge is 0.0553 e. The zero-order valence-corrected chi connectivity index (χ0v) is 10.9. The van der Waals surface area contributed by atoms with Gasteiger partial charge in [-0.2, -0.15) is 10.2 Å². The Morgan fingerprint density at radius 2 is 2.05 bits per heavy atom. The van der Waals surface area contributed by atoms with Crippen LogP contribution in [0, 0.1) is 0 Å². The van der Waals surface area contributed by atoms with E-state index in [4.69, 9.17) is 0 Å². The van der Waals surface area contributed by atoms with Crippen LogP contribution < -0.4 is 5.32 Å². The minimum absolute atomic E-state index is 0.404. The summed E-state index contributed by atoms with van der Waals surface area (Å²) in [4.78, 5) is 0. The van der Waals surface area contributed by atoms with Gasteiger partial charge < -0.3 is 5.32 Å². The molecular weight excluding hydrogens is 238 g/mol. The zero-order chi connectivity index (χ0) is 12.7. The van der Waals surface area contributed by atoms with Crippen molar-refractivity contribution in [1.29, 1.82) is 0 Å². The fourth-order valence-corrected chi connectivity index (χ4v) is 3.10. The molecule has 5 heteroatoms. The molecule has 4 rings (SSSR count). The number of H-pyrrole nitrogens is 2. The largest absolute Gasteiger partial charge is 0.303 e. The van der Waals surface area contributed by atoms with Crippen LogP contribution in [0.15, 0.2) is 12.4 Å². The average Bonchev–Trinajstić information content (AvgIpc) is 2.99. The normalized spacial score (nSPS) is 22.4. The molecule has 2 aromatic heterocycles. The Kier molecular flexibility index (Phi) is 2.65. The predicted octanol–water partition coefficient (Wildman–Crippen LogP) is 2.18. The van der Waals surface area contributed by atoms with Gasteiger partial charge in [0.25, 0.3) is 0 Å². The van der Waals surface area contributed by atoms with Crippen molar-refractivity contribution in [2.45, 2.75) is 50.6 Å². The molecule has 19 heavy (non-hydrogen) atoms. The van der Waals surface area contributed by atoms with Crippen molar-refractivity contribution in [3.05, 3.63) is 34.9 Å². The van der Waals surface area contributed by atoms with E-state index < -0.39 is 0 Å². The maximum absolute atomic E-state index is 4.20. The van der Waals surface area contributed by atoms with E-state index in [2.05, 4.69) is 25.7 Å². The summed E-state index contributed by atoms with van der Waals surface area (Å²) >= 11 is 0. The predicted molar refractivity (Wildman–Crippen MR) is 71.7 cm³/mol. The molecule has 1 unspecified atom stereocenters. The Morgan fingerprint density at radius 3 is 2.95 bits per heavy atom. The van der Waals surface area contributed by atoms with Gasteiger partial charge in [0.1, 0.15) is 0 Å². The fraction of sp³-hybridized carbons (Fsp3) is 0.571. The van der Waals surface area contributed by atoms with Crippen molar-refractivity contribution in [3.63, 3.8) is 0 Å². The molecule has 0 aliphatic heterocycles. The first-order valence-electron chi connectivity index (χ1n) is 7.19. The summed E-state index contributed by atoms with van der Waals surface area (Å²) in [5.74, 6) is 0.754. The van der Waals surface area contributed by atoms with Crippen LogP contribution in [0.3, 0.4) is 0 Å². The SMILES string of the molecule is c1n[nH]c2c1CCCC2NCc1[nH]ncc1C1CC1. The van der Waals surface area contributed by atoms with Gasteiger partial charge in [-0.25, -0.2) is 0 Å². The highest BCUT2D eigenvalue weighted by Gasteiger charge is 2.28. The van der Waals surface area contributed by atoms with Gasteiger partial charge in [0, 0.05) is 12.6 Å². The number of fused-ring (bicyclic) bond motifs is 1. The van der Waals surface area contributed by atoms with E-state index in [9.17, 15) is 0 Å². The number of hydrogen-bond acceptors (Lipinski definition) is 3. The molecule has 0 saturated heterocycles. The molecule has 2 aromatic rings. The Morgan fingerprint density at radius 1 is 1.16 bits per heavy atom. The van der Waals surface area contributed by atoms with Gasteiger partial charge in [0.15, 0.2) is 0 Å². The van der Waals surface area contributed by atoms with Crippen LogP contribution in [0.5, 0.6) is 0 Å². The number of aromatic amines is 2. The van der Waals surface area contributed by atoms with E-state index in [0.717, 1.165) is 18.9 Å². The highest BCUT2D eigenvalue weighted by molar-refractivity contribution is 5.26. The molecule has 100 valence electrons. The van der Waals surface area contributed by atoms with E-state index in [-0.39, 0.29) is 0 Å². The standard InChI is InChI=1S/C14H19N5/c1-2-10-6-16-19-14(10)12(3-1)15-8-13-11(7-17-18-13)9-4-5-9/h6-7,9,12,15H,1-5,8H2,(H,16,19)(H,17,18). The van der Waals surface area contributed by atoms with Crippen LogP contribution in [0.2, 0.25) is 0 Å². The molecule has 0 amide bonds. The first-order chi connectivity index (χ1) is 9.42. The first kappa shape index (κ1) is 11.2. The molecule has 3 N–H and O–H groups in total. The molecule has 1 saturated carbocycles. The van der Waals surface area contributed by atoms with E-state index in [0.29, 0.717) is 6.04 Å². The Labute approximate surface area is 112 Å². The highest BCUT2D eigenvalue weighted by Crippen LogP contribution is 2.41. The number of nitrogens with one attached hydrogen (secondary N) is 3. The van der Waals surface area contributed by atoms with Gasteiger partial charge in [-0.1, -0.05) is 0 Å². The Hall–Kier alpha value is -1.62. The molecule has 0 spiro atoms. The monoisotopic (exact) mass is 257 g/mol. The topological polar surface area (TPSA) is 69.4 Å². The lowest BCUT2D eigenvalue weighted by Crippen LogP contribution is -2.25. The maximum atomic E-state index is 4.20. The lowest BCUT2D eigenvalue weighted by molar-refractivity contribution is 0.446. The van der Waals surface area contributed by atoms with Gasteiger partial charge in [0.05, 0.1) is 23.8 Å². The second kappa shape index (κ2) is 4.49. The third kappa shape index (κ3) is 2.08. The molecule has 2 heterocycles. The minimum Gasteiger partial charge on any atom is -0.303 e. The maximum Gasteiger partial charge on any atom is 0.0553 e. The van der Waals surface area contributed by atoms with Gasteiger partial charge in [0.2, 0.25) is 0 Å². The number of nitrogens with zero attached hydrogens (tertiary/aromatic N) is 2. The molecule has 2 aliphatic rings. The van der Waals surface area contributed by atoms with Crippen LogP contribution in [0.25, 0.3) is 0 Å². The summed E-state index contributed by atoms with van der Waals surface area (Å²) in [6.45, 7) is 0.870. The van der Waals surface area contributed by atoms with E-state index in [1.807, 2.05) is 12.4 Å². The molecular formula is C14H19N5. The van der Waals surface area contributed by atoms with Gasteiger partial charge in [-0.15, -0.1) is 0 Å². The van der Waals surface area contributed by atoms with Gasteiger partial charge >= 0.3 is 0 Å². The van der Waals surface area contributed by atoms with Crippen molar-refractivity contribution in [2.24, 2.45) is 0 Å². The molecule has 5 nitrogen and oxygen atoms in total. The van der Waals surface area contributed by atoms with Crippen LogP contribution in [-0.2, 0) is 13.0 Å². The minimum atomic E-state index is 0.404. The second-order valence-corrected chi connectivity index (χ2v) is 5.71. The molecule has 1 fully saturated rings. The van der Waals surface area contributed by atoms with Crippen molar-refractivity contribution >= 4 is 0 Å². The molecule has 0 aromatic carbocycles. The van der Waals surface area contributed by atoms with E-state index in [1.54, 1.807) is 0 Å². The molecule has 0 bridgehead atoms. The molecule has 0 radical (unpaired) electrons. The Balaban J connectivity index is 1.47. The quantitative estimate of drug-likeness (QED) is 0.786. The summed E-state index contributed by atoms with van der Waals surface area (Å²) < 4.78 is 0. The lowest BCUT2D eigenvalue weighted by atomic mass is 9.93. The second-order valence-electron chi connectivity index (χ2n) is 5.71. The average molecular weight is 257 g/mol. The third-order valence-corrected chi connectivity index (χ3v) is 4.33. The summed E-state index contributed by atoms with van der Waals surface area (Å²) in [6, 6.07) is 0.404. The lowest BCUT2D eigenvalue weighted by Gasteiger charge is -2.22. The number of hydrogen-bond donors (Lipinski definition) is 3. The van der Waals surface area contributed by atoms with Crippen molar-refractivity contribution < 1.29 is 0 Å². The summed E-state index contributed by atoms with van der Waals surface area (Å²) in [5.41, 5.74) is 5.32. The number of aryl methyl sites for hydroxylation is 1. The summed E-state index contributed by atoms with van der Waals surface area (Å²) in [7, 11) is 0. The first-order valence-corrected chi connectivity index (χ1v) is 7.19.